The van der Waals surface area contributed by atoms with Gasteiger partial charge < -0.3 is 20.1 Å². The SMILES string of the molecule is COC1CN(C(=O)NC(C)(C(=O)O)C2CC2)CCC1C. The first-order valence-electron chi connectivity index (χ1n) is 7.21. The van der Waals surface area contributed by atoms with Gasteiger partial charge in [-0.25, -0.2) is 9.59 Å². The number of amides is 2. The van der Waals surface area contributed by atoms with Crippen LogP contribution in [0.4, 0.5) is 4.79 Å². The number of nitrogens with zero attached hydrogens (tertiary/aromatic N) is 1. The largest absolute Gasteiger partial charge is 0.480 e. The van der Waals surface area contributed by atoms with Gasteiger partial charge in [-0.2, -0.15) is 0 Å². The lowest BCUT2D eigenvalue weighted by atomic mass is 9.95. The minimum Gasteiger partial charge on any atom is -0.480 e. The van der Waals surface area contributed by atoms with Crippen molar-refractivity contribution in [2.75, 3.05) is 20.2 Å². The van der Waals surface area contributed by atoms with Crippen molar-refractivity contribution in [3.8, 4) is 0 Å². The monoisotopic (exact) mass is 284 g/mol. The molecule has 0 aromatic heterocycles. The van der Waals surface area contributed by atoms with Crippen molar-refractivity contribution in [2.45, 2.75) is 44.8 Å². The van der Waals surface area contributed by atoms with E-state index in [0.29, 0.717) is 19.0 Å². The van der Waals surface area contributed by atoms with Crippen LogP contribution in [-0.4, -0.2) is 53.8 Å². The minimum absolute atomic E-state index is 0.0199. The maximum Gasteiger partial charge on any atom is 0.329 e. The maximum atomic E-state index is 12.3. The summed E-state index contributed by atoms with van der Waals surface area (Å²) in [7, 11) is 1.65. The molecule has 0 aromatic carbocycles. The Hall–Kier alpha value is -1.30. The van der Waals surface area contributed by atoms with Crippen molar-refractivity contribution in [1.29, 1.82) is 0 Å². The highest BCUT2D eigenvalue weighted by Gasteiger charge is 2.49. The second kappa shape index (κ2) is 5.60. The average molecular weight is 284 g/mol. The fraction of sp³-hybridized carbons (Fsp3) is 0.857. The highest BCUT2D eigenvalue weighted by Crippen LogP contribution is 2.39. The molecule has 2 amide bonds. The molecule has 3 atom stereocenters. The zero-order valence-electron chi connectivity index (χ0n) is 12.4. The standard InChI is InChI=1S/C14H24N2O4/c1-9-6-7-16(8-11(9)20-3)13(19)15-14(2,12(17)18)10-4-5-10/h9-11H,4-8H2,1-3H3,(H,15,19)(H,17,18). The van der Waals surface area contributed by atoms with Gasteiger partial charge in [0, 0.05) is 20.2 Å². The van der Waals surface area contributed by atoms with E-state index in [1.807, 2.05) is 0 Å². The average Bonchev–Trinajstić information content (AvgIpc) is 3.23. The molecule has 2 fully saturated rings. The van der Waals surface area contributed by atoms with Gasteiger partial charge in [-0.1, -0.05) is 6.92 Å². The Balaban J connectivity index is 1.99. The normalized spacial score (nSPS) is 29.6. The highest BCUT2D eigenvalue weighted by atomic mass is 16.5. The van der Waals surface area contributed by atoms with Crippen molar-refractivity contribution >= 4 is 12.0 Å². The molecule has 2 aliphatic rings. The van der Waals surface area contributed by atoms with E-state index in [1.165, 1.54) is 0 Å². The predicted molar refractivity (Wildman–Crippen MR) is 73.4 cm³/mol. The third kappa shape index (κ3) is 2.90. The summed E-state index contributed by atoms with van der Waals surface area (Å²) in [6.07, 6.45) is 2.62. The summed E-state index contributed by atoms with van der Waals surface area (Å²) in [6, 6.07) is -0.296. The molecule has 2 N–H and O–H groups in total. The Morgan fingerprint density at radius 2 is 2.00 bits per heavy atom. The number of carboxylic acid groups (broad SMARTS) is 1. The molecule has 1 heterocycles. The molecule has 0 aromatic rings. The van der Waals surface area contributed by atoms with Gasteiger partial charge in [0.15, 0.2) is 0 Å². The van der Waals surface area contributed by atoms with Gasteiger partial charge in [0.25, 0.3) is 0 Å². The quantitative estimate of drug-likeness (QED) is 0.815. The minimum atomic E-state index is -1.15. The van der Waals surface area contributed by atoms with Gasteiger partial charge in [0.1, 0.15) is 5.54 Å². The van der Waals surface area contributed by atoms with E-state index >= 15 is 0 Å². The molecule has 6 nitrogen and oxygen atoms in total. The van der Waals surface area contributed by atoms with E-state index < -0.39 is 11.5 Å². The number of carbonyl (C=O) groups excluding carboxylic acids is 1. The number of methoxy groups -OCH3 is 1. The van der Waals surface area contributed by atoms with Gasteiger partial charge in [0.05, 0.1) is 6.10 Å². The number of urea groups is 1. The van der Waals surface area contributed by atoms with Crippen LogP contribution in [0.3, 0.4) is 0 Å². The third-order valence-electron chi connectivity index (χ3n) is 4.68. The van der Waals surface area contributed by atoms with Crippen molar-refractivity contribution in [2.24, 2.45) is 11.8 Å². The molecular weight excluding hydrogens is 260 g/mol. The summed E-state index contributed by atoms with van der Waals surface area (Å²) in [5, 5.41) is 12.1. The number of hydrogen-bond acceptors (Lipinski definition) is 3. The highest BCUT2D eigenvalue weighted by molar-refractivity contribution is 5.86. The molecule has 6 heteroatoms. The van der Waals surface area contributed by atoms with Crippen LogP contribution >= 0.6 is 0 Å². The molecule has 2 rings (SSSR count). The van der Waals surface area contributed by atoms with Crippen LogP contribution in [-0.2, 0) is 9.53 Å². The van der Waals surface area contributed by atoms with Crippen LogP contribution in [0, 0.1) is 11.8 Å². The summed E-state index contributed by atoms with van der Waals surface area (Å²) in [5.74, 6) is -0.494. The van der Waals surface area contributed by atoms with Crippen LogP contribution in [0.2, 0.25) is 0 Å². The first-order valence-corrected chi connectivity index (χ1v) is 7.21. The van der Waals surface area contributed by atoms with E-state index in [4.69, 9.17) is 4.74 Å². The zero-order valence-corrected chi connectivity index (χ0v) is 12.4. The van der Waals surface area contributed by atoms with E-state index in [-0.39, 0.29) is 18.1 Å². The van der Waals surface area contributed by atoms with Crippen LogP contribution < -0.4 is 5.32 Å². The first kappa shape index (κ1) is 15.1. The fourth-order valence-corrected chi connectivity index (χ4v) is 2.82. The number of likely N-dealkylation sites (tertiary alicyclic amines) is 1. The van der Waals surface area contributed by atoms with Gasteiger partial charge in [-0.15, -0.1) is 0 Å². The van der Waals surface area contributed by atoms with Gasteiger partial charge in [0.2, 0.25) is 0 Å². The number of hydrogen-bond donors (Lipinski definition) is 2. The maximum absolute atomic E-state index is 12.3. The van der Waals surface area contributed by atoms with Gasteiger partial charge in [-0.3, -0.25) is 0 Å². The number of nitrogens with one attached hydrogen (secondary N) is 1. The Bertz CT molecular complexity index is 397. The van der Waals surface area contributed by atoms with Crippen molar-refractivity contribution in [3.63, 3.8) is 0 Å². The Morgan fingerprint density at radius 3 is 2.50 bits per heavy atom. The lowest BCUT2D eigenvalue weighted by molar-refractivity contribution is -0.144. The molecule has 1 saturated carbocycles. The van der Waals surface area contributed by atoms with Crippen molar-refractivity contribution in [1.82, 2.24) is 10.2 Å². The third-order valence-corrected chi connectivity index (χ3v) is 4.68. The molecular formula is C14H24N2O4. The predicted octanol–water partition coefficient (Wildman–Crippen LogP) is 1.31. The Morgan fingerprint density at radius 1 is 1.35 bits per heavy atom. The smallest absolute Gasteiger partial charge is 0.329 e. The van der Waals surface area contributed by atoms with E-state index in [9.17, 15) is 14.7 Å². The van der Waals surface area contributed by atoms with E-state index in [2.05, 4.69) is 12.2 Å². The fourth-order valence-electron chi connectivity index (χ4n) is 2.82. The Labute approximate surface area is 119 Å². The first-order chi connectivity index (χ1) is 9.38. The zero-order chi connectivity index (χ0) is 14.9. The number of carbonyl (C=O) groups is 2. The number of piperidine rings is 1. The van der Waals surface area contributed by atoms with Gasteiger partial charge >= 0.3 is 12.0 Å². The molecule has 0 bridgehead atoms. The number of carboxylic acids is 1. The van der Waals surface area contributed by atoms with E-state index in [1.54, 1.807) is 18.9 Å². The molecule has 0 radical (unpaired) electrons. The van der Waals surface area contributed by atoms with Crippen LogP contribution in [0.1, 0.15) is 33.1 Å². The molecule has 114 valence electrons. The molecule has 0 spiro atoms. The van der Waals surface area contributed by atoms with Crippen LogP contribution in [0.5, 0.6) is 0 Å². The second-order valence-corrected chi connectivity index (χ2v) is 6.20. The lowest BCUT2D eigenvalue weighted by Gasteiger charge is -2.38. The van der Waals surface area contributed by atoms with Crippen LogP contribution in [0.15, 0.2) is 0 Å². The molecule has 1 saturated heterocycles. The summed E-state index contributed by atoms with van der Waals surface area (Å²) in [5.41, 5.74) is -1.15. The number of ether oxygens (including phenoxy) is 1. The molecule has 1 aliphatic carbocycles. The topological polar surface area (TPSA) is 78.9 Å². The second-order valence-electron chi connectivity index (χ2n) is 6.20. The number of rotatable bonds is 4. The lowest BCUT2D eigenvalue weighted by Crippen LogP contribution is -2.59. The number of aliphatic carboxylic acids is 1. The molecule has 3 unspecified atom stereocenters. The van der Waals surface area contributed by atoms with Gasteiger partial charge in [-0.05, 0) is 38.0 Å². The summed E-state index contributed by atoms with van der Waals surface area (Å²) in [4.78, 5) is 25.4. The van der Waals surface area contributed by atoms with Crippen molar-refractivity contribution < 1.29 is 19.4 Å². The summed E-state index contributed by atoms with van der Waals surface area (Å²) < 4.78 is 5.38. The van der Waals surface area contributed by atoms with Crippen LogP contribution in [0.25, 0.3) is 0 Å². The van der Waals surface area contributed by atoms with Crippen molar-refractivity contribution in [3.05, 3.63) is 0 Å². The summed E-state index contributed by atoms with van der Waals surface area (Å²) >= 11 is 0. The molecule has 20 heavy (non-hydrogen) atoms. The Kier molecular flexibility index (Phi) is 4.22. The summed E-state index contributed by atoms with van der Waals surface area (Å²) in [6.45, 7) is 4.87. The van der Waals surface area contributed by atoms with E-state index in [0.717, 1.165) is 19.3 Å². The molecule has 1 aliphatic heterocycles.